The van der Waals surface area contributed by atoms with Crippen LogP contribution >= 0.6 is 25.3 Å². The molecule has 0 heterocycles. The predicted octanol–water partition coefficient (Wildman–Crippen LogP) is 1.76. The molecule has 0 aliphatic heterocycles. The second-order valence-electron chi connectivity index (χ2n) is 3.05. The molecule has 1 rings (SSSR count). The van der Waals surface area contributed by atoms with Crippen LogP contribution in [0.4, 0.5) is 0 Å². The Labute approximate surface area is 101 Å². The van der Waals surface area contributed by atoms with Crippen molar-refractivity contribution in [1.82, 2.24) is 4.31 Å². The Morgan fingerprint density at radius 1 is 1.13 bits per heavy atom. The van der Waals surface area contributed by atoms with Crippen molar-refractivity contribution in [2.45, 2.75) is 11.8 Å². The van der Waals surface area contributed by atoms with Gasteiger partial charge in [-0.15, -0.1) is 0 Å². The molecule has 6 heteroatoms. The van der Waals surface area contributed by atoms with Crippen LogP contribution in [0.2, 0.25) is 0 Å². The average Bonchev–Trinajstić information content (AvgIpc) is 2.19. The van der Waals surface area contributed by atoms with Crippen molar-refractivity contribution >= 4 is 35.3 Å². The number of sulfonamides is 1. The fraction of sp³-hybridized carbons (Fsp3) is 0.333. The van der Waals surface area contributed by atoms with Crippen molar-refractivity contribution < 1.29 is 8.42 Å². The molecule has 0 aliphatic rings. The molecule has 0 aliphatic carbocycles. The molecule has 84 valence electrons. The molecule has 0 saturated carbocycles. The van der Waals surface area contributed by atoms with Gasteiger partial charge in [-0.1, -0.05) is 17.7 Å². The maximum absolute atomic E-state index is 11.9. The molecule has 0 radical (unpaired) electrons. The summed E-state index contributed by atoms with van der Waals surface area (Å²) in [6.45, 7) is 1.91. The van der Waals surface area contributed by atoms with Gasteiger partial charge in [0, 0.05) is 0 Å². The molecule has 0 unspecified atom stereocenters. The second-order valence-corrected chi connectivity index (χ2v) is 5.56. The minimum atomic E-state index is -3.44. The van der Waals surface area contributed by atoms with Gasteiger partial charge >= 0.3 is 0 Å². The first kappa shape index (κ1) is 12.9. The van der Waals surface area contributed by atoms with E-state index in [0.717, 1.165) is 5.56 Å². The quantitative estimate of drug-likeness (QED) is 0.641. The van der Waals surface area contributed by atoms with Crippen LogP contribution in [-0.4, -0.2) is 24.5 Å². The summed E-state index contributed by atoms with van der Waals surface area (Å²) in [5.41, 5.74) is 1.03. The van der Waals surface area contributed by atoms with Gasteiger partial charge in [-0.2, -0.15) is 29.6 Å². The first-order valence-electron chi connectivity index (χ1n) is 4.31. The Balaban J connectivity index is 3.11. The summed E-state index contributed by atoms with van der Waals surface area (Å²) < 4.78 is 25.1. The maximum Gasteiger partial charge on any atom is 0.244 e. The van der Waals surface area contributed by atoms with E-state index in [1.807, 2.05) is 6.92 Å². The average molecular weight is 263 g/mol. The third-order valence-electron chi connectivity index (χ3n) is 1.97. The Hall–Kier alpha value is -0.170. The van der Waals surface area contributed by atoms with E-state index in [-0.39, 0.29) is 16.6 Å². The van der Waals surface area contributed by atoms with E-state index in [0.29, 0.717) is 0 Å². The molecule has 0 fully saturated rings. The molecule has 0 saturated heterocycles. The minimum absolute atomic E-state index is 0.125. The van der Waals surface area contributed by atoms with Crippen LogP contribution in [0.5, 0.6) is 0 Å². The Kier molecular flexibility index (Phi) is 4.51. The molecule has 15 heavy (non-hydrogen) atoms. The third-order valence-corrected chi connectivity index (χ3v) is 4.85. The van der Waals surface area contributed by atoms with E-state index in [2.05, 4.69) is 25.3 Å². The van der Waals surface area contributed by atoms with E-state index in [4.69, 9.17) is 0 Å². The van der Waals surface area contributed by atoms with Gasteiger partial charge in [-0.3, -0.25) is 0 Å². The van der Waals surface area contributed by atoms with Crippen LogP contribution < -0.4 is 0 Å². The highest BCUT2D eigenvalue weighted by Crippen LogP contribution is 2.16. The van der Waals surface area contributed by atoms with Gasteiger partial charge in [-0.25, -0.2) is 8.42 Å². The molecule has 1 aromatic carbocycles. The fourth-order valence-electron chi connectivity index (χ4n) is 1.06. The topological polar surface area (TPSA) is 37.4 Å². The van der Waals surface area contributed by atoms with Gasteiger partial charge in [0.15, 0.2) is 0 Å². The van der Waals surface area contributed by atoms with Crippen LogP contribution in [0.15, 0.2) is 29.2 Å². The van der Waals surface area contributed by atoms with Crippen LogP contribution in [0.25, 0.3) is 0 Å². The van der Waals surface area contributed by atoms with Crippen molar-refractivity contribution in [3.8, 4) is 0 Å². The van der Waals surface area contributed by atoms with E-state index >= 15 is 0 Å². The van der Waals surface area contributed by atoms with Crippen molar-refractivity contribution in [2.75, 3.05) is 11.8 Å². The number of rotatable bonds is 4. The van der Waals surface area contributed by atoms with Crippen molar-refractivity contribution in [3.63, 3.8) is 0 Å². The summed E-state index contributed by atoms with van der Waals surface area (Å²) in [7, 11) is -3.44. The van der Waals surface area contributed by atoms with Gasteiger partial charge in [-0.05, 0) is 19.1 Å². The SMILES string of the molecule is Cc1ccc(S(=O)(=O)N(CS)CS)cc1. The van der Waals surface area contributed by atoms with Crippen molar-refractivity contribution in [3.05, 3.63) is 29.8 Å². The maximum atomic E-state index is 11.9. The summed E-state index contributed by atoms with van der Waals surface area (Å²) in [6.07, 6.45) is 0. The van der Waals surface area contributed by atoms with Gasteiger partial charge in [0.2, 0.25) is 10.0 Å². The van der Waals surface area contributed by atoms with Crippen LogP contribution in [0.3, 0.4) is 0 Å². The summed E-state index contributed by atoms with van der Waals surface area (Å²) in [4.78, 5) is 0.274. The third kappa shape index (κ3) is 2.90. The van der Waals surface area contributed by atoms with E-state index in [9.17, 15) is 8.42 Å². The molecule has 3 nitrogen and oxygen atoms in total. The van der Waals surface area contributed by atoms with Gasteiger partial charge in [0.25, 0.3) is 0 Å². The summed E-state index contributed by atoms with van der Waals surface area (Å²) >= 11 is 7.91. The molecular formula is C9H13NO2S3. The van der Waals surface area contributed by atoms with Crippen LogP contribution in [0.1, 0.15) is 5.56 Å². The molecule has 1 aromatic rings. The molecule has 0 atom stereocenters. The number of thiol groups is 2. The largest absolute Gasteiger partial charge is 0.244 e. The van der Waals surface area contributed by atoms with E-state index in [1.165, 1.54) is 4.31 Å². The Morgan fingerprint density at radius 2 is 1.60 bits per heavy atom. The van der Waals surface area contributed by atoms with Gasteiger partial charge < -0.3 is 0 Å². The first-order valence-corrected chi connectivity index (χ1v) is 7.01. The first-order chi connectivity index (χ1) is 7.02. The van der Waals surface area contributed by atoms with E-state index < -0.39 is 10.0 Å². The van der Waals surface area contributed by atoms with Crippen LogP contribution in [0, 0.1) is 6.92 Å². The molecule has 0 spiro atoms. The number of hydrogen-bond acceptors (Lipinski definition) is 4. The zero-order valence-corrected chi connectivity index (χ0v) is 10.9. The highest BCUT2D eigenvalue weighted by Gasteiger charge is 2.21. The zero-order valence-electron chi connectivity index (χ0n) is 8.29. The Bertz CT molecular complexity index is 409. The summed E-state index contributed by atoms with van der Waals surface area (Å²) in [6, 6.07) is 6.71. The van der Waals surface area contributed by atoms with Crippen LogP contribution in [-0.2, 0) is 10.0 Å². The number of hydrogen-bond donors (Lipinski definition) is 2. The van der Waals surface area contributed by atoms with Crippen molar-refractivity contribution in [2.24, 2.45) is 0 Å². The summed E-state index contributed by atoms with van der Waals surface area (Å²) in [5.74, 6) is 0.249. The molecule has 0 amide bonds. The summed E-state index contributed by atoms with van der Waals surface area (Å²) in [5, 5.41) is 0. The lowest BCUT2D eigenvalue weighted by molar-refractivity contribution is 0.506. The lowest BCUT2D eigenvalue weighted by Crippen LogP contribution is -2.28. The number of aryl methyl sites for hydroxylation is 1. The van der Waals surface area contributed by atoms with Crippen molar-refractivity contribution in [1.29, 1.82) is 0 Å². The number of nitrogens with zero attached hydrogens (tertiary/aromatic N) is 1. The minimum Gasteiger partial charge on any atom is -0.207 e. The smallest absolute Gasteiger partial charge is 0.207 e. The second kappa shape index (κ2) is 5.25. The molecule has 0 N–H and O–H groups in total. The highest BCUT2D eigenvalue weighted by atomic mass is 32.2. The number of benzene rings is 1. The molecule has 0 aromatic heterocycles. The lowest BCUT2D eigenvalue weighted by atomic mass is 10.2. The normalized spacial score (nSPS) is 12.0. The monoisotopic (exact) mass is 263 g/mol. The molecule has 0 bridgehead atoms. The molecular weight excluding hydrogens is 250 g/mol. The van der Waals surface area contributed by atoms with Gasteiger partial charge in [0.05, 0.1) is 16.6 Å². The fourth-order valence-corrected chi connectivity index (χ4v) is 3.41. The standard InChI is InChI=1S/C9H13NO2S3/c1-8-2-4-9(5-3-8)15(11,12)10(6-13)7-14/h2-5,13-14H,6-7H2,1H3. The van der Waals surface area contributed by atoms with Gasteiger partial charge in [0.1, 0.15) is 0 Å². The predicted molar refractivity (Wildman–Crippen MR) is 67.9 cm³/mol. The zero-order chi connectivity index (χ0) is 11.5. The van der Waals surface area contributed by atoms with E-state index in [1.54, 1.807) is 24.3 Å². The lowest BCUT2D eigenvalue weighted by Gasteiger charge is -2.17. The highest BCUT2D eigenvalue weighted by molar-refractivity contribution is 7.91. The Morgan fingerprint density at radius 3 is 2.00 bits per heavy atom.